The van der Waals surface area contributed by atoms with Crippen LogP contribution in [0.25, 0.3) is 0 Å². The molecule has 1 unspecified atom stereocenters. The van der Waals surface area contributed by atoms with Gasteiger partial charge in [0.2, 0.25) is 0 Å². The van der Waals surface area contributed by atoms with E-state index in [4.69, 9.17) is 14.9 Å². The minimum absolute atomic E-state index is 0.260. The van der Waals surface area contributed by atoms with E-state index in [0.29, 0.717) is 12.5 Å². The lowest BCUT2D eigenvalue weighted by molar-refractivity contribution is 0.0645. The summed E-state index contributed by atoms with van der Waals surface area (Å²) in [6, 6.07) is 0. The number of nitrogens with two attached hydrogens (primary N) is 1. The van der Waals surface area contributed by atoms with Gasteiger partial charge in [-0.05, 0) is 18.8 Å². The summed E-state index contributed by atoms with van der Waals surface area (Å²) < 4.78 is 11.0. The third-order valence-electron chi connectivity index (χ3n) is 3.21. The van der Waals surface area contributed by atoms with Gasteiger partial charge in [-0.1, -0.05) is 6.92 Å². The summed E-state index contributed by atoms with van der Waals surface area (Å²) in [6.07, 6.45) is 4.97. The summed E-state index contributed by atoms with van der Waals surface area (Å²) in [5.74, 6) is 2.68. The number of nitrogens with zero attached hydrogens (tertiary/aromatic N) is 1. The van der Waals surface area contributed by atoms with Crippen molar-refractivity contribution in [1.29, 1.82) is 0 Å². The summed E-state index contributed by atoms with van der Waals surface area (Å²) in [6.45, 7) is 4.40. The normalized spacial score (nSPS) is 19.9. The van der Waals surface area contributed by atoms with Crippen LogP contribution in [0.1, 0.15) is 37.3 Å². The minimum atomic E-state index is 0.260. The predicted molar refractivity (Wildman–Crippen MR) is 61.2 cm³/mol. The van der Waals surface area contributed by atoms with Gasteiger partial charge in [0.25, 0.3) is 0 Å². The highest BCUT2D eigenvalue weighted by molar-refractivity contribution is 5.01. The van der Waals surface area contributed by atoms with E-state index in [1.807, 2.05) is 6.20 Å². The first-order chi connectivity index (χ1) is 7.79. The molecule has 0 aliphatic carbocycles. The minimum Gasteiger partial charge on any atom is -0.445 e. The fourth-order valence-electron chi connectivity index (χ4n) is 1.96. The average Bonchev–Trinajstić information content (AvgIpc) is 2.78. The van der Waals surface area contributed by atoms with E-state index in [-0.39, 0.29) is 5.92 Å². The largest absolute Gasteiger partial charge is 0.445 e. The van der Waals surface area contributed by atoms with Crippen molar-refractivity contribution in [3.63, 3.8) is 0 Å². The zero-order valence-corrected chi connectivity index (χ0v) is 9.82. The SMILES string of the molecule is CC(CN)c1cnc(CC2CCOCC2)o1. The van der Waals surface area contributed by atoms with E-state index in [0.717, 1.165) is 44.1 Å². The zero-order chi connectivity index (χ0) is 11.4. The third-order valence-corrected chi connectivity index (χ3v) is 3.21. The fourth-order valence-corrected chi connectivity index (χ4v) is 1.96. The molecule has 0 amide bonds. The zero-order valence-electron chi connectivity index (χ0n) is 9.82. The van der Waals surface area contributed by atoms with Crippen molar-refractivity contribution in [1.82, 2.24) is 4.98 Å². The van der Waals surface area contributed by atoms with E-state index in [1.54, 1.807) is 0 Å². The maximum Gasteiger partial charge on any atom is 0.194 e. The van der Waals surface area contributed by atoms with E-state index >= 15 is 0 Å². The second kappa shape index (κ2) is 5.46. The maximum atomic E-state index is 5.71. The van der Waals surface area contributed by atoms with Gasteiger partial charge in [-0.3, -0.25) is 0 Å². The molecule has 1 aromatic rings. The van der Waals surface area contributed by atoms with E-state index < -0.39 is 0 Å². The number of hydrogen-bond donors (Lipinski definition) is 1. The molecule has 0 saturated carbocycles. The second-order valence-electron chi connectivity index (χ2n) is 4.55. The van der Waals surface area contributed by atoms with Crippen LogP contribution in [0.3, 0.4) is 0 Å². The Balaban J connectivity index is 1.91. The molecule has 90 valence electrons. The summed E-state index contributed by atoms with van der Waals surface area (Å²) in [4.78, 5) is 4.32. The highest BCUT2D eigenvalue weighted by Crippen LogP contribution is 2.21. The summed E-state index contributed by atoms with van der Waals surface area (Å²) in [5.41, 5.74) is 5.59. The van der Waals surface area contributed by atoms with Gasteiger partial charge >= 0.3 is 0 Å². The van der Waals surface area contributed by atoms with Crippen LogP contribution in [-0.4, -0.2) is 24.7 Å². The Morgan fingerprint density at radius 2 is 2.25 bits per heavy atom. The smallest absolute Gasteiger partial charge is 0.194 e. The summed E-state index contributed by atoms with van der Waals surface area (Å²) >= 11 is 0. The molecule has 0 aromatic carbocycles. The van der Waals surface area contributed by atoms with Gasteiger partial charge in [-0.15, -0.1) is 0 Å². The van der Waals surface area contributed by atoms with Crippen LogP contribution in [0.5, 0.6) is 0 Å². The Bertz CT molecular complexity index is 319. The third kappa shape index (κ3) is 2.83. The van der Waals surface area contributed by atoms with Gasteiger partial charge in [0, 0.05) is 32.1 Å². The van der Waals surface area contributed by atoms with Crippen LogP contribution in [-0.2, 0) is 11.2 Å². The van der Waals surface area contributed by atoms with E-state index in [1.165, 1.54) is 0 Å². The van der Waals surface area contributed by atoms with E-state index in [2.05, 4.69) is 11.9 Å². The van der Waals surface area contributed by atoms with Crippen LogP contribution >= 0.6 is 0 Å². The molecule has 0 bridgehead atoms. The molecule has 1 fully saturated rings. The Kier molecular flexibility index (Phi) is 3.96. The van der Waals surface area contributed by atoms with Gasteiger partial charge in [0.1, 0.15) is 5.76 Å². The lowest BCUT2D eigenvalue weighted by Crippen LogP contribution is -2.17. The molecule has 16 heavy (non-hydrogen) atoms. The van der Waals surface area contributed by atoms with Crippen LogP contribution in [0.15, 0.2) is 10.6 Å². The molecule has 0 radical (unpaired) electrons. The lowest BCUT2D eigenvalue weighted by Gasteiger charge is -2.20. The van der Waals surface area contributed by atoms with Crippen LogP contribution in [0.2, 0.25) is 0 Å². The van der Waals surface area contributed by atoms with Gasteiger partial charge < -0.3 is 14.9 Å². The molecule has 2 rings (SSSR count). The number of aromatic nitrogens is 1. The van der Waals surface area contributed by atoms with Crippen molar-refractivity contribution in [2.45, 2.75) is 32.1 Å². The monoisotopic (exact) mass is 224 g/mol. The molecular formula is C12H20N2O2. The molecule has 4 nitrogen and oxygen atoms in total. The molecule has 1 aliphatic rings. The van der Waals surface area contributed by atoms with Crippen molar-refractivity contribution in [3.8, 4) is 0 Å². The summed E-state index contributed by atoms with van der Waals surface area (Å²) in [5, 5.41) is 0. The van der Waals surface area contributed by atoms with E-state index in [9.17, 15) is 0 Å². The molecule has 4 heteroatoms. The Labute approximate surface area is 96.2 Å². The Morgan fingerprint density at radius 3 is 2.94 bits per heavy atom. The predicted octanol–water partition coefficient (Wildman–Crippen LogP) is 1.71. The van der Waals surface area contributed by atoms with Gasteiger partial charge in [-0.25, -0.2) is 4.98 Å². The van der Waals surface area contributed by atoms with Crippen molar-refractivity contribution >= 4 is 0 Å². The topological polar surface area (TPSA) is 61.3 Å². The van der Waals surface area contributed by atoms with Gasteiger partial charge in [0.15, 0.2) is 5.89 Å². The number of rotatable bonds is 4. The average molecular weight is 224 g/mol. The van der Waals surface area contributed by atoms with Crippen LogP contribution in [0.4, 0.5) is 0 Å². The van der Waals surface area contributed by atoms with Crippen LogP contribution in [0, 0.1) is 5.92 Å². The number of hydrogen-bond acceptors (Lipinski definition) is 4. The van der Waals surface area contributed by atoms with Crippen molar-refractivity contribution in [2.24, 2.45) is 11.7 Å². The molecule has 1 aromatic heterocycles. The molecule has 0 spiro atoms. The molecular weight excluding hydrogens is 204 g/mol. The lowest BCUT2D eigenvalue weighted by atomic mass is 9.97. The van der Waals surface area contributed by atoms with Crippen LogP contribution < -0.4 is 5.73 Å². The highest BCUT2D eigenvalue weighted by Gasteiger charge is 2.18. The maximum absolute atomic E-state index is 5.71. The molecule has 1 saturated heterocycles. The first-order valence-corrected chi connectivity index (χ1v) is 6.02. The standard InChI is InChI=1S/C12H20N2O2/c1-9(7-13)11-8-14-12(16-11)6-10-2-4-15-5-3-10/h8-10H,2-7,13H2,1H3. The molecule has 1 aliphatic heterocycles. The summed E-state index contributed by atoms with van der Waals surface area (Å²) in [7, 11) is 0. The quantitative estimate of drug-likeness (QED) is 0.845. The van der Waals surface area contributed by atoms with Gasteiger partial charge in [0.05, 0.1) is 6.20 Å². The first-order valence-electron chi connectivity index (χ1n) is 6.02. The highest BCUT2D eigenvalue weighted by atomic mass is 16.5. The molecule has 2 heterocycles. The van der Waals surface area contributed by atoms with Crippen molar-refractivity contribution in [2.75, 3.05) is 19.8 Å². The second-order valence-corrected chi connectivity index (χ2v) is 4.55. The van der Waals surface area contributed by atoms with Crippen molar-refractivity contribution in [3.05, 3.63) is 17.8 Å². The fraction of sp³-hybridized carbons (Fsp3) is 0.750. The Hall–Kier alpha value is -0.870. The van der Waals surface area contributed by atoms with Gasteiger partial charge in [-0.2, -0.15) is 0 Å². The Morgan fingerprint density at radius 1 is 1.50 bits per heavy atom. The van der Waals surface area contributed by atoms with Crippen molar-refractivity contribution < 1.29 is 9.15 Å². The number of oxazole rings is 1. The first kappa shape index (κ1) is 11.6. The molecule has 2 N–H and O–H groups in total. The number of ether oxygens (including phenoxy) is 1. The molecule has 1 atom stereocenters.